The number of nitrogens with zero attached hydrogens (tertiary/aromatic N) is 2. The van der Waals surface area contributed by atoms with E-state index < -0.39 is 37.3 Å². The fraction of sp³-hybridized carbons (Fsp3) is 0.500. The Kier molecular flexibility index (Phi) is 3.68. The normalized spacial score (nSPS) is 33.5. The Bertz CT molecular complexity index is 641. The van der Waals surface area contributed by atoms with Gasteiger partial charge in [-0.3, -0.25) is 0 Å². The van der Waals surface area contributed by atoms with Crippen LogP contribution in [0.3, 0.4) is 0 Å². The summed E-state index contributed by atoms with van der Waals surface area (Å²) in [7, 11) is 0. The van der Waals surface area contributed by atoms with Crippen molar-refractivity contribution in [3.05, 3.63) is 30.1 Å². The second-order valence-electron chi connectivity index (χ2n) is 5.31. The predicted molar refractivity (Wildman–Crippen MR) is 73.5 cm³/mol. The molecule has 0 saturated carbocycles. The quantitative estimate of drug-likeness (QED) is 0.584. The molecule has 1 fully saturated rings. The van der Waals surface area contributed by atoms with Crippen LogP contribution in [0.2, 0.25) is 0 Å². The van der Waals surface area contributed by atoms with Crippen molar-refractivity contribution < 1.29 is 25.2 Å². The number of hydrogen-bond acceptors (Lipinski definition) is 6. The van der Waals surface area contributed by atoms with Crippen LogP contribution in [0.4, 0.5) is 0 Å². The van der Waals surface area contributed by atoms with Gasteiger partial charge in [0.25, 0.3) is 0 Å². The number of aliphatic hydroxyl groups excluding tert-OH is 4. The fourth-order valence-corrected chi connectivity index (χ4v) is 2.71. The largest absolute Gasteiger partial charge is 0.394 e. The third-order valence-corrected chi connectivity index (χ3v) is 3.97. The zero-order chi connectivity index (χ0) is 15.1. The number of pyridine rings is 1. The van der Waals surface area contributed by atoms with Gasteiger partial charge in [0.05, 0.1) is 6.61 Å². The van der Waals surface area contributed by atoms with E-state index in [9.17, 15) is 20.4 Å². The van der Waals surface area contributed by atoms with E-state index in [0.717, 1.165) is 10.9 Å². The summed E-state index contributed by atoms with van der Waals surface area (Å²) < 4.78 is 7.14. The molecule has 21 heavy (non-hydrogen) atoms. The van der Waals surface area contributed by atoms with E-state index in [2.05, 4.69) is 4.98 Å². The average molecular weight is 294 g/mol. The van der Waals surface area contributed by atoms with Crippen molar-refractivity contribution in [2.24, 2.45) is 0 Å². The first kappa shape index (κ1) is 14.4. The lowest BCUT2D eigenvalue weighted by Gasteiger charge is -2.40. The van der Waals surface area contributed by atoms with Crippen LogP contribution in [0, 0.1) is 6.92 Å². The summed E-state index contributed by atoms with van der Waals surface area (Å²) in [5.41, 5.74) is 1.64. The van der Waals surface area contributed by atoms with Gasteiger partial charge < -0.3 is 29.7 Å². The van der Waals surface area contributed by atoms with Gasteiger partial charge in [0.2, 0.25) is 0 Å². The molecule has 4 N–H and O–H groups in total. The second kappa shape index (κ2) is 5.36. The zero-order valence-corrected chi connectivity index (χ0v) is 11.5. The van der Waals surface area contributed by atoms with Gasteiger partial charge in [-0.05, 0) is 24.6 Å². The molecule has 5 atom stereocenters. The van der Waals surface area contributed by atoms with Gasteiger partial charge in [0.1, 0.15) is 30.1 Å². The van der Waals surface area contributed by atoms with E-state index >= 15 is 0 Å². The number of hydrogen-bond donors (Lipinski definition) is 4. The molecule has 2 aromatic heterocycles. The molecule has 3 rings (SSSR count). The van der Waals surface area contributed by atoms with Gasteiger partial charge in [0, 0.05) is 17.8 Å². The lowest BCUT2D eigenvalue weighted by atomic mass is 9.98. The summed E-state index contributed by atoms with van der Waals surface area (Å²) in [6, 6.07) is 3.72. The van der Waals surface area contributed by atoms with Crippen LogP contribution in [0.1, 0.15) is 11.8 Å². The van der Waals surface area contributed by atoms with Crippen molar-refractivity contribution >= 4 is 11.0 Å². The number of aromatic nitrogens is 2. The van der Waals surface area contributed by atoms with Crippen LogP contribution >= 0.6 is 0 Å². The van der Waals surface area contributed by atoms with E-state index in [-0.39, 0.29) is 0 Å². The van der Waals surface area contributed by atoms with E-state index in [1.165, 1.54) is 0 Å². The number of rotatable bonds is 2. The SMILES string of the molecule is Cc1ccnc2c1ccn2[C@@H]1O[C@H](CO)[C@@H](O)[C@H](O)[C@H]1O. The first-order chi connectivity index (χ1) is 10.0. The number of aryl methyl sites for hydroxylation is 1. The molecule has 3 heterocycles. The molecule has 7 nitrogen and oxygen atoms in total. The highest BCUT2D eigenvalue weighted by molar-refractivity contribution is 5.79. The molecule has 0 unspecified atom stereocenters. The maximum Gasteiger partial charge on any atom is 0.164 e. The third-order valence-electron chi connectivity index (χ3n) is 3.97. The van der Waals surface area contributed by atoms with Crippen molar-refractivity contribution in [2.45, 2.75) is 37.6 Å². The lowest BCUT2D eigenvalue weighted by Crippen LogP contribution is -2.56. The van der Waals surface area contributed by atoms with Crippen molar-refractivity contribution in [2.75, 3.05) is 6.61 Å². The molecule has 0 bridgehead atoms. The Hall–Kier alpha value is -1.51. The summed E-state index contributed by atoms with van der Waals surface area (Å²) in [6.45, 7) is 1.49. The highest BCUT2D eigenvalue weighted by Crippen LogP contribution is 2.31. The zero-order valence-electron chi connectivity index (χ0n) is 11.5. The van der Waals surface area contributed by atoms with Crippen LogP contribution in [-0.2, 0) is 4.74 Å². The van der Waals surface area contributed by atoms with E-state index in [1.807, 2.05) is 19.1 Å². The number of ether oxygens (including phenoxy) is 1. The topological polar surface area (TPSA) is 108 Å². The predicted octanol–water partition coefficient (Wildman–Crippen LogP) is -0.683. The summed E-state index contributed by atoms with van der Waals surface area (Å²) in [4.78, 5) is 4.27. The van der Waals surface area contributed by atoms with Crippen LogP contribution in [-0.4, -0.2) is 61.0 Å². The van der Waals surface area contributed by atoms with Crippen LogP contribution in [0.5, 0.6) is 0 Å². The molecule has 0 radical (unpaired) electrons. The average Bonchev–Trinajstić information content (AvgIpc) is 2.91. The summed E-state index contributed by atoms with van der Waals surface area (Å²) in [5, 5.41) is 40.0. The van der Waals surface area contributed by atoms with E-state index in [1.54, 1.807) is 17.0 Å². The van der Waals surface area contributed by atoms with E-state index in [4.69, 9.17) is 4.74 Å². The number of aliphatic hydroxyl groups is 4. The maximum absolute atomic E-state index is 10.2. The van der Waals surface area contributed by atoms with E-state index in [0.29, 0.717) is 5.65 Å². The molecule has 1 aliphatic heterocycles. The molecule has 1 aliphatic rings. The first-order valence-corrected chi connectivity index (χ1v) is 6.77. The first-order valence-electron chi connectivity index (χ1n) is 6.77. The molecule has 2 aromatic rings. The highest BCUT2D eigenvalue weighted by Gasteiger charge is 2.44. The van der Waals surface area contributed by atoms with Gasteiger partial charge >= 0.3 is 0 Å². The van der Waals surface area contributed by atoms with Crippen molar-refractivity contribution in [3.63, 3.8) is 0 Å². The molecule has 0 aliphatic carbocycles. The summed E-state index contributed by atoms with van der Waals surface area (Å²) in [5.74, 6) is 0. The molecule has 7 heteroatoms. The maximum atomic E-state index is 10.2. The monoisotopic (exact) mass is 294 g/mol. The molecule has 0 aromatic carbocycles. The fourth-order valence-electron chi connectivity index (χ4n) is 2.71. The minimum atomic E-state index is -1.40. The smallest absolute Gasteiger partial charge is 0.164 e. The Morgan fingerprint density at radius 3 is 2.67 bits per heavy atom. The minimum absolute atomic E-state index is 0.451. The standard InChI is InChI=1S/C14H18N2O5/c1-7-2-4-15-13-8(7)3-5-16(13)14-12(20)11(19)10(18)9(6-17)21-14/h2-5,9-12,14,17-20H,6H2,1H3/t9-,10-,11+,12-,14-/m1/s1. The Morgan fingerprint density at radius 1 is 1.19 bits per heavy atom. The molecule has 1 saturated heterocycles. The van der Waals surface area contributed by atoms with Crippen LogP contribution in [0.25, 0.3) is 11.0 Å². The Morgan fingerprint density at radius 2 is 1.95 bits per heavy atom. The van der Waals surface area contributed by atoms with Crippen molar-refractivity contribution in [3.8, 4) is 0 Å². The van der Waals surface area contributed by atoms with Gasteiger partial charge in [-0.1, -0.05) is 0 Å². The Balaban J connectivity index is 2.03. The highest BCUT2D eigenvalue weighted by atomic mass is 16.6. The summed E-state index contributed by atoms with van der Waals surface area (Å²) >= 11 is 0. The minimum Gasteiger partial charge on any atom is -0.394 e. The van der Waals surface area contributed by atoms with Crippen molar-refractivity contribution in [1.82, 2.24) is 9.55 Å². The summed E-state index contributed by atoms with van der Waals surface area (Å²) in [6.07, 6.45) is -2.58. The molecule has 0 amide bonds. The van der Waals surface area contributed by atoms with Crippen LogP contribution in [0.15, 0.2) is 24.5 Å². The van der Waals surface area contributed by atoms with Gasteiger partial charge in [-0.25, -0.2) is 4.98 Å². The lowest BCUT2D eigenvalue weighted by molar-refractivity contribution is -0.250. The second-order valence-corrected chi connectivity index (χ2v) is 5.31. The van der Waals surface area contributed by atoms with Gasteiger partial charge in [0.15, 0.2) is 6.23 Å². The molecule has 0 spiro atoms. The number of fused-ring (bicyclic) bond motifs is 1. The van der Waals surface area contributed by atoms with Crippen LogP contribution < -0.4 is 0 Å². The third kappa shape index (κ3) is 2.23. The van der Waals surface area contributed by atoms with Gasteiger partial charge in [-0.2, -0.15) is 0 Å². The Labute approximate surface area is 121 Å². The molecule has 114 valence electrons. The van der Waals surface area contributed by atoms with Crippen molar-refractivity contribution in [1.29, 1.82) is 0 Å². The molecular weight excluding hydrogens is 276 g/mol. The van der Waals surface area contributed by atoms with Gasteiger partial charge in [-0.15, -0.1) is 0 Å². The molecular formula is C14H18N2O5.